The monoisotopic (exact) mass is 529 g/mol. The highest BCUT2D eigenvalue weighted by Crippen LogP contribution is 2.36. The zero-order valence-electron chi connectivity index (χ0n) is 21.3. The van der Waals surface area contributed by atoms with Crippen molar-refractivity contribution in [1.82, 2.24) is 9.13 Å². The predicted molar refractivity (Wildman–Crippen MR) is 147 cm³/mol. The molecule has 0 spiro atoms. The van der Waals surface area contributed by atoms with E-state index in [2.05, 4.69) is 16.1 Å². The Morgan fingerprint density at radius 3 is 2.74 bits per heavy atom. The average molecular weight is 530 g/mol. The number of hydrogen-bond donors (Lipinski definition) is 0. The second kappa shape index (κ2) is 10.5. The van der Waals surface area contributed by atoms with Gasteiger partial charge in [-0.25, -0.2) is 9.79 Å². The molecule has 2 aromatic carbocycles. The lowest BCUT2D eigenvalue weighted by molar-refractivity contribution is -0.139. The number of carbonyl (C=O) groups excluding carboxylic acids is 1. The topological polar surface area (TPSA) is 84.0 Å². The fraction of sp³-hybridized carbons (Fsp3) is 0.207. The number of ether oxygens (including phenoxy) is 3. The van der Waals surface area contributed by atoms with E-state index in [1.54, 1.807) is 39.3 Å². The predicted octanol–water partition coefficient (Wildman–Crippen LogP) is 3.57. The van der Waals surface area contributed by atoms with Gasteiger partial charge in [-0.2, -0.15) is 0 Å². The summed E-state index contributed by atoms with van der Waals surface area (Å²) in [5.74, 6) is 0.529. The van der Waals surface area contributed by atoms with Crippen LogP contribution in [-0.2, 0) is 16.1 Å². The van der Waals surface area contributed by atoms with Crippen molar-refractivity contribution in [3.63, 3.8) is 0 Å². The van der Waals surface area contributed by atoms with Gasteiger partial charge in [-0.1, -0.05) is 35.6 Å². The molecule has 8 nitrogen and oxygen atoms in total. The van der Waals surface area contributed by atoms with Gasteiger partial charge in [0.25, 0.3) is 5.56 Å². The number of esters is 1. The first-order valence-electron chi connectivity index (χ1n) is 12.1. The molecule has 2 aromatic heterocycles. The highest BCUT2D eigenvalue weighted by atomic mass is 32.1. The summed E-state index contributed by atoms with van der Waals surface area (Å²) in [6, 6.07) is 12.5. The molecule has 1 aliphatic heterocycles. The molecule has 3 heterocycles. The molecule has 0 radical (unpaired) electrons. The second-order valence-corrected chi connectivity index (χ2v) is 9.56. The molecule has 0 saturated carbocycles. The maximum Gasteiger partial charge on any atom is 0.338 e. The van der Waals surface area contributed by atoms with Crippen LogP contribution in [0.3, 0.4) is 0 Å². The number of rotatable bonds is 8. The molecule has 38 heavy (non-hydrogen) atoms. The first-order valence-corrected chi connectivity index (χ1v) is 12.9. The number of carbonyl (C=O) groups is 1. The molecule has 194 valence electrons. The molecule has 0 saturated heterocycles. The van der Waals surface area contributed by atoms with Crippen LogP contribution in [0.5, 0.6) is 11.5 Å². The number of nitrogens with zero attached hydrogens (tertiary/aromatic N) is 3. The lowest BCUT2D eigenvalue weighted by Crippen LogP contribution is -2.39. The van der Waals surface area contributed by atoms with Gasteiger partial charge in [0.1, 0.15) is 17.5 Å². The Kier molecular flexibility index (Phi) is 7.02. The molecule has 4 aromatic rings. The summed E-state index contributed by atoms with van der Waals surface area (Å²) in [6.45, 7) is 6.43. The van der Waals surface area contributed by atoms with Crippen LogP contribution < -0.4 is 24.4 Å². The van der Waals surface area contributed by atoms with E-state index in [1.807, 2.05) is 42.6 Å². The molecule has 0 aliphatic carbocycles. The molecule has 0 bridgehead atoms. The van der Waals surface area contributed by atoms with Crippen molar-refractivity contribution >= 4 is 34.3 Å². The van der Waals surface area contributed by atoms with Crippen molar-refractivity contribution < 1.29 is 19.0 Å². The molecule has 0 amide bonds. The quantitative estimate of drug-likeness (QED) is 0.257. The standard InChI is InChI=1S/C29H27N3O5S/c1-5-13-31-17-18(20-9-7-8-10-23(20)31)14-25-27(33)32-26(21-15-19(35-3)11-12-24(21)36-4)22(28(34)37-6-2)16-30-29(32)38-25/h5,7-12,14-17,26H,1,6,13H2,2-4H3. The minimum Gasteiger partial charge on any atom is -0.497 e. The van der Waals surface area contributed by atoms with Crippen molar-refractivity contribution in [2.24, 2.45) is 4.99 Å². The number of fused-ring (bicyclic) bond motifs is 2. The van der Waals surface area contributed by atoms with Gasteiger partial charge in [0.05, 0.1) is 30.9 Å². The normalized spacial score (nSPS) is 15.0. The van der Waals surface area contributed by atoms with Crippen LogP contribution in [0.15, 0.2) is 82.9 Å². The van der Waals surface area contributed by atoms with Gasteiger partial charge < -0.3 is 18.8 Å². The lowest BCUT2D eigenvalue weighted by atomic mass is 9.97. The van der Waals surface area contributed by atoms with Crippen LogP contribution in [0, 0.1) is 0 Å². The van der Waals surface area contributed by atoms with Crippen LogP contribution in [0.25, 0.3) is 17.0 Å². The summed E-state index contributed by atoms with van der Waals surface area (Å²) in [4.78, 5) is 31.9. The van der Waals surface area contributed by atoms with E-state index in [9.17, 15) is 9.59 Å². The highest BCUT2D eigenvalue weighted by molar-refractivity contribution is 7.07. The van der Waals surface area contributed by atoms with Crippen molar-refractivity contribution in [3.05, 3.63) is 104 Å². The minimum atomic E-state index is -0.806. The number of allylic oxidation sites excluding steroid dienone is 1. The summed E-state index contributed by atoms with van der Waals surface area (Å²) in [5.41, 5.74) is 2.53. The first kappa shape index (κ1) is 25.3. The van der Waals surface area contributed by atoms with Crippen molar-refractivity contribution in [2.75, 3.05) is 20.8 Å². The number of para-hydroxylation sites is 1. The van der Waals surface area contributed by atoms with Crippen LogP contribution in [-0.4, -0.2) is 35.9 Å². The van der Waals surface area contributed by atoms with Crippen LogP contribution in [0.1, 0.15) is 24.1 Å². The summed E-state index contributed by atoms with van der Waals surface area (Å²) < 4.78 is 20.5. The minimum absolute atomic E-state index is 0.192. The smallest absolute Gasteiger partial charge is 0.338 e. The van der Waals surface area contributed by atoms with Gasteiger partial charge in [0.15, 0.2) is 4.80 Å². The number of methoxy groups -OCH3 is 2. The number of hydrogen-bond acceptors (Lipinski definition) is 7. The Labute approximate surface area is 223 Å². The maximum absolute atomic E-state index is 14.0. The molecule has 5 rings (SSSR count). The van der Waals surface area contributed by atoms with E-state index in [-0.39, 0.29) is 17.7 Å². The Bertz CT molecular complexity index is 1760. The third kappa shape index (κ3) is 4.35. The third-order valence-electron chi connectivity index (χ3n) is 6.38. The molecule has 1 atom stereocenters. The largest absolute Gasteiger partial charge is 0.497 e. The van der Waals surface area contributed by atoms with Crippen LogP contribution in [0.4, 0.5) is 0 Å². The summed E-state index contributed by atoms with van der Waals surface area (Å²) >= 11 is 1.27. The van der Waals surface area contributed by atoms with Crippen molar-refractivity contribution in [3.8, 4) is 11.5 Å². The average Bonchev–Trinajstić information content (AvgIpc) is 3.45. The zero-order valence-corrected chi connectivity index (χ0v) is 22.2. The molecule has 0 fully saturated rings. The van der Waals surface area contributed by atoms with Crippen molar-refractivity contribution in [2.45, 2.75) is 19.5 Å². The summed E-state index contributed by atoms with van der Waals surface area (Å²) in [5, 5.41) is 1.03. The van der Waals surface area contributed by atoms with E-state index in [0.29, 0.717) is 32.9 Å². The van der Waals surface area contributed by atoms with E-state index in [4.69, 9.17) is 14.2 Å². The van der Waals surface area contributed by atoms with Gasteiger partial charge in [0, 0.05) is 41.0 Å². The van der Waals surface area contributed by atoms with Gasteiger partial charge >= 0.3 is 5.97 Å². The third-order valence-corrected chi connectivity index (χ3v) is 7.38. The maximum atomic E-state index is 14.0. The SMILES string of the molecule is C=CCn1cc(C=c2sc3n(c2=O)C(c2cc(OC)ccc2OC)C(C(=O)OCC)=CN=3)c2ccccc21. The van der Waals surface area contributed by atoms with E-state index in [1.165, 1.54) is 22.1 Å². The fourth-order valence-electron chi connectivity index (χ4n) is 4.70. The molecular weight excluding hydrogens is 502 g/mol. The van der Waals surface area contributed by atoms with E-state index >= 15 is 0 Å². The second-order valence-electron chi connectivity index (χ2n) is 8.56. The van der Waals surface area contributed by atoms with Gasteiger partial charge in [-0.3, -0.25) is 9.36 Å². The molecule has 1 unspecified atom stereocenters. The van der Waals surface area contributed by atoms with Gasteiger partial charge in [-0.15, -0.1) is 6.58 Å². The number of thiazole rings is 1. The molecule has 1 aliphatic rings. The Hall–Kier alpha value is -4.37. The lowest BCUT2D eigenvalue weighted by Gasteiger charge is -2.24. The van der Waals surface area contributed by atoms with Crippen LogP contribution in [0.2, 0.25) is 0 Å². The molecule has 9 heteroatoms. The van der Waals surface area contributed by atoms with E-state index < -0.39 is 12.0 Å². The zero-order chi connectivity index (χ0) is 26.8. The Morgan fingerprint density at radius 1 is 1.18 bits per heavy atom. The first-order chi connectivity index (χ1) is 18.5. The van der Waals surface area contributed by atoms with Gasteiger partial charge in [0.2, 0.25) is 0 Å². The number of aromatic nitrogens is 2. The van der Waals surface area contributed by atoms with Crippen molar-refractivity contribution in [1.29, 1.82) is 0 Å². The fourth-order valence-corrected chi connectivity index (χ4v) is 5.66. The van der Waals surface area contributed by atoms with Gasteiger partial charge in [-0.05, 0) is 37.3 Å². The number of benzene rings is 2. The molecular formula is C29H27N3O5S. The highest BCUT2D eigenvalue weighted by Gasteiger charge is 2.33. The molecule has 0 N–H and O–H groups in total. The Morgan fingerprint density at radius 2 is 2.00 bits per heavy atom. The van der Waals surface area contributed by atoms with Crippen LogP contribution >= 0.6 is 11.3 Å². The van der Waals surface area contributed by atoms with E-state index in [0.717, 1.165) is 16.5 Å². The summed E-state index contributed by atoms with van der Waals surface area (Å²) in [7, 11) is 3.10. The Balaban J connectivity index is 1.74. The summed E-state index contributed by atoms with van der Waals surface area (Å²) in [6.07, 6.45) is 7.20.